The van der Waals surface area contributed by atoms with Crippen LogP contribution in [-0.2, 0) is 0 Å². The molecule has 0 amide bonds. The molecule has 0 aromatic carbocycles. The molecule has 0 bridgehead atoms. The number of hydrogen-bond donors (Lipinski definition) is 3. The lowest BCUT2D eigenvalue weighted by molar-refractivity contribution is 0.402. The second kappa shape index (κ2) is 7.12. The molecular weight excluding hydrogens is 130 g/mol. The van der Waals surface area contributed by atoms with Crippen LogP contribution in [0.4, 0.5) is 0 Å². The van der Waals surface area contributed by atoms with Crippen LogP contribution in [-0.4, -0.2) is 29.7 Å². The molecule has 0 aromatic rings. The first-order valence-electron chi connectivity index (χ1n) is 3.74. The van der Waals surface area contributed by atoms with Gasteiger partial charge in [0.05, 0.1) is 0 Å². The van der Waals surface area contributed by atoms with Crippen molar-refractivity contribution in [3.8, 4) is 0 Å². The van der Waals surface area contributed by atoms with E-state index in [1.54, 1.807) is 0 Å². The van der Waals surface area contributed by atoms with E-state index in [2.05, 4.69) is 0 Å². The maximum absolute atomic E-state index is 8.42. The summed E-state index contributed by atoms with van der Waals surface area (Å²) in [4.78, 5) is 0. The SMILES string of the molecule is OBCCCCCB(O)O. The van der Waals surface area contributed by atoms with Crippen molar-refractivity contribution in [3.05, 3.63) is 0 Å². The van der Waals surface area contributed by atoms with Gasteiger partial charge in [0.25, 0.3) is 7.48 Å². The molecule has 0 saturated heterocycles. The van der Waals surface area contributed by atoms with Gasteiger partial charge in [-0.2, -0.15) is 0 Å². The molecule has 58 valence electrons. The van der Waals surface area contributed by atoms with Gasteiger partial charge in [-0.1, -0.05) is 25.6 Å². The minimum absolute atomic E-state index is 0.238. The lowest BCUT2D eigenvalue weighted by Crippen LogP contribution is -2.09. The predicted octanol–water partition coefficient (Wildman–Crippen LogP) is -0.608. The van der Waals surface area contributed by atoms with E-state index in [0.717, 1.165) is 25.6 Å². The Hall–Kier alpha value is 0.00987. The van der Waals surface area contributed by atoms with Gasteiger partial charge in [0.15, 0.2) is 0 Å². The Morgan fingerprint density at radius 1 is 1.10 bits per heavy atom. The van der Waals surface area contributed by atoms with Crippen molar-refractivity contribution in [1.29, 1.82) is 0 Å². The highest BCUT2D eigenvalue weighted by Gasteiger charge is 2.04. The van der Waals surface area contributed by atoms with Crippen molar-refractivity contribution in [2.45, 2.75) is 31.9 Å². The highest BCUT2D eigenvalue weighted by atomic mass is 16.4. The topological polar surface area (TPSA) is 60.7 Å². The Kier molecular flexibility index (Phi) is 7.13. The fourth-order valence-electron chi connectivity index (χ4n) is 0.792. The third-order valence-electron chi connectivity index (χ3n) is 1.37. The van der Waals surface area contributed by atoms with Crippen molar-refractivity contribution in [1.82, 2.24) is 0 Å². The molecule has 0 spiro atoms. The van der Waals surface area contributed by atoms with Gasteiger partial charge >= 0.3 is 7.12 Å². The van der Waals surface area contributed by atoms with Crippen molar-refractivity contribution in [2.75, 3.05) is 0 Å². The van der Waals surface area contributed by atoms with E-state index in [-0.39, 0.29) is 7.48 Å². The molecule has 10 heavy (non-hydrogen) atoms. The van der Waals surface area contributed by atoms with E-state index in [1.165, 1.54) is 0 Å². The van der Waals surface area contributed by atoms with Gasteiger partial charge in [-0.3, -0.25) is 0 Å². The summed E-state index contributed by atoms with van der Waals surface area (Å²) in [7, 11) is -0.920. The molecule has 0 aliphatic carbocycles. The molecule has 0 heterocycles. The largest absolute Gasteiger partial charge is 0.454 e. The number of rotatable bonds is 6. The first-order valence-corrected chi connectivity index (χ1v) is 3.74. The molecule has 0 unspecified atom stereocenters. The molecule has 5 heteroatoms. The summed E-state index contributed by atoms with van der Waals surface area (Å²) >= 11 is 0. The van der Waals surface area contributed by atoms with Gasteiger partial charge in [0.2, 0.25) is 0 Å². The summed E-state index contributed by atoms with van der Waals surface area (Å²) in [5.74, 6) is 0. The monoisotopic (exact) mass is 144 g/mol. The fourth-order valence-corrected chi connectivity index (χ4v) is 0.792. The third-order valence-corrected chi connectivity index (χ3v) is 1.37. The summed E-state index contributed by atoms with van der Waals surface area (Å²) in [5, 5.41) is 25.2. The highest BCUT2D eigenvalue weighted by Crippen LogP contribution is 2.03. The first kappa shape index (κ1) is 10.0. The molecular formula is C5H14B2O3. The van der Waals surface area contributed by atoms with Crippen LogP contribution in [0.2, 0.25) is 12.6 Å². The van der Waals surface area contributed by atoms with Crippen molar-refractivity contribution < 1.29 is 15.1 Å². The Balaban J connectivity index is 2.77. The van der Waals surface area contributed by atoms with E-state index < -0.39 is 7.12 Å². The van der Waals surface area contributed by atoms with Gasteiger partial charge in [-0.25, -0.2) is 0 Å². The molecule has 0 rings (SSSR count). The Labute approximate surface area is 62.5 Å². The van der Waals surface area contributed by atoms with E-state index in [0.29, 0.717) is 6.32 Å². The van der Waals surface area contributed by atoms with Crippen LogP contribution in [0, 0.1) is 0 Å². The molecule has 0 aliphatic rings. The average molecular weight is 144 g/mol. The number of hydrogen-bond acceptors (Lipinski definition) is 3. The van der Waals surface area contributed by atoms with E-state index in [9.17, 15) is 0 Å². The molecule has 0 radical (unpaired) electrons. The zero-order valence-electron chi connectivity index (χ0n) is 6.16. The molecule has 0 aromatic heterocycles. The van der Waals surface area contributed by atoms with Gasteiger partial charge in [-0.05, 0) is 6.32 Å². The van der Waals surface area contributed by atoms with Crippen LogP contribution in [0.5, 0.6) is 0 Å². The second-order valence-electron chi connectivity index (χ2n) is 2.41. The summed E-state index contributed by atoms with van der Waals surface area (Å²) in [6, 6.07) is 0. The summed E-state index contributed by atoms with van der Waals surface area (Å²) in [6.45, 7) is 0. The van der Waals surface area contributed by atoms with Gasteiger partial charge < -0.3 is 15.1 Å². The molecule has 0 atom stereocenters. The Morgan fingerprint density at radius 2 is 1.80 bits per heavy atom. The maximum atomic E-state index is 8.42. The van der Waals surface area contributed by atoms with Crippen LogP contribution >= 0.6 is 0 Å². The molecule has 3 nitrogen and oxygen atoms in total. The van der Waals surface area contributed by atoms with E-state index in [1.807, 2.05) is 0 Å². The highest BCUT2D eigenvalue weighted by molar-refractivity contribution is 6.40. The van der Waals surface area contributed by atoms with Crippen molar-refractivity contribution in [3.63, 3.8) is 0 Å². The summed E-state index contributed by atoms with van der Waals surface area (Å²) in [5.41, 5.74) is 0. The first-order chi connectivity index (χ1) is 4.77. The normalized spacial score (nSPS) is 9.50. The number of unbranched alkanes of at least 4 members (excludes halogenated alkanes) is 2. The fraction of sp³-hybridized carbons (Fsp3) is 1.00. The average Bonchev–Trinajstić information content (AvgIpc) is 1.87. The Bertz CT molecular complexity index is 69.9. The van der Waals surface area contributed by atoms with Gasteiger partial charge in [0.1, 0.15) is 0 Å². The zero-order valence-corrected chi connectivity index (χ0v) is 6.16. The minimum atomic E-state index is -1.16. The summed E-state index contributed by atoms with van der Waals surface area (Å²) < 4.78 is 0. The molecule has 3 N–H and O–H groups in total. The van der Waals surface area contributed by atoms with Crippen LogP contribution in [0.25, 0.3) is 0 Å². The van der Waals surface area contributed by atoms with Gasteiger partial charge in [-0.15, -0.1) is 0 Å². The molecule has 0 fully saturated rings. The quantitative estimate of drug-likeness (QED) is 0.344. The van der Waals surface area contributed by atoms with Crippen molar-refractivity contribution >= 4 is 14.6 Å². The van der Waals surface area contributed by atoms with E-state index >= 15 is 0 Å². The van der Waals surface area contributed by atoms with Crippen LogP contribution in [0.3, 0.4) is 0 Å². The van der Waals surface area contributed by atoms with Crippen molar-refractivity contribution in [2.24, 2.45) is 0 Å². The van der Waals surface area contributed by atoms with Crippen LogP contribution in [0.1, 0.15) is 19.3 Å². The zero-order chi connectivity index (χ0) is 7.82. The maximum Gasteiger partial charge on any atom is 0.451 e. The predicted molar refractivity (Wildman–Crippen MR) is 43.0 cm³/mol. The van der Waals surface area contributed by atoms with E-state index in [4.69, 9.17) is 15.1 Å². The smallest absolute Gasteiger partial charge is 0.451 e. The van der Waals surface area contributed by atoms with Crippen LogP contribution < -0.4 is 0 Å². The summed E-state index contributed by atoms with van der Waals surface area (Å²) in [6.07, 6.45) is 4.05. The minimum Gasteiger partial charge on any atom is -0.454 e. The molecule has 0 aliphatic heterocycles. The van der Waals surface area contributed by atoms with Crippen LogP contribution in [0.15, 0.2) is 0 Å². The lowest BCUT2D eigenvalue weighted by atomic mass is 9.82. The Morgan fingerprint density at radius 3 is 2.30 bits per heavy atom. The second-order valence-corrected chi connectivity index (χ2v) is 2.41. The van der Waals surface area contributed by atoms with Gasteiger partial charge in [0, 0.05) is 0 Å². The third kappa shape index (κ3) is 8.01. The lowest BCUT2D eigenvalue weighted by Gasteiger charge is -1.97. The standard InChI is InChI=1S/C5H14B2O3/c8-6-4-2-1-3-5-7(9)10/h6,8-10H,1-5H2. The molecule has 0 saturated carbocycles.